The molecule has 9 heteroatoms. The summed E-state index contributed by atoms with van der Waals surface area (Å²) in [5.41, 5.74) is 1.39. The number of ether oxygens (including phenoxy) is 2. The van der Waals surface area contributed by atoms with Gasteiger partial charge in [0, 0.05) is 30.4 Å². The van der Waals surface area contributed by atoms with Crippen LogP contribution in [0, 0.1) is 0 Å². The second kappa shape index (κ2) is 7.01. The first-order chi connectivity index (χ1) is 13.4. The predicted molar refractivity (Wildman–Crippen MR) is 103 cm³/mol. The third kappa shape index (κ3) is 3.56. The number of aryl methyl sites for hydroxylation is 1. The highest BCUT2D eigenvalue weighted by Gasteiger charge is 2.19. The molecule has 1 aliphatic heterocycles. The average Bonchev–Trinajstić information content (AvgIpc) is 2.69. The molecule has 0 amide bonds. The van der Waals surface area contributed by atoms with E-state index in [1.807, 2.05) is 0 Å². The first kappa shape index (κ1) is 18.1. The van der Waals surface area contributed by atoms with Gasteiger partial charge in [-0.1, -0.05) is 12.1 Å². The summed E-state index contributed by atoms with van der Waals surface area (Å²) in [6, 6.07) is 14.3. The molecule has 0 bridgehead atoms. The standard InChI is InChI=1S/C19H17N3O5S/c1-22-19(23)8-6-16(20-22)13-3-2-4-14(11-13)21-28(24,25)15-5-7-17-18(12-15)27-10-9-26-17/h2-8,11-12,21H,9-10H2,1H3. The largest absolute Gasteiger partial charge is 0.486 e. The summed E-state index contributed by atoms with van der Waals surface area (Å²) in [4.78, 5) is 11.6. The molecule has 0 saturated heterocycles. The number of hydrogen-bond donors (Lipinski definition) is 1. The molecule has 1 aliphatic rings. The Morgan fingerprint density at radius 3 is 2.57 bits per heavy atom. The van der Waals surface area contributed by atoms with Crippen LogP contribution in [0.2, 0.25) is 0 Å². The van der Waals surface area contributed by atoms with E-state index >= 15 is 0 Å². The van der Waals surface area contributed by atoms with Crippen LogP contribution in [0.5, 0.6) is 11.5 Å². The molecule has 0 unspecified atom stereocenters. The molecule has 1 N–H and O–H groups in total. The van der Waals surface area contributed by atoms with E-state index in [-0.39, 0.29) is 10.5 Å². The van der Waals surface area contributed by atoms with Crippen molar-refractivity contribution in [2.75, 3.05) is 17.9 Å². The summed E-state index contributed by atoms with van der Waals surface area (Å²) in [6.07, 6.45) is 0. The van der Waals surface area contributed by atoms with Gasteiger partial charge in [0.05, 0.1) is 10.6 Å². The van der Waals surface area contributed by atoms with Gasteiger partial charge in [0.25, 0.3) is 15.6 Å². The van der Waals surface area contributed by atoms with Crippen LogP contribution in [0.1, 0.15) is 0 Å². The number of hydrogen-bond acceptors (Lipinski definition) is 6. The fraction of sp³-hybridized carbons (Fsp3) is 0.158. The molecule has 0 spiro atoms. The predicted octanol–water partition coefficient (Wildman–Crippen LogP) is 2.02. The number of aromatic nitrogens is 2. The Bertz CT molecular complexity index is 1200. The molecule has 144 valence electrons. The van der Waals surface area contributed by atoms with Crippen molar-refractivity contribution in [3.05, 3.63) is 65.0 Å². The molecule has 4 rings (SSSR count). The number of sulfonamides is 1. The van der Waals surface area contributed by atoms with Gasteiger partial charge in [0.2, 0.25) is 0 Å². The number of fused-ring (bicyclic) bond motifs is 1. The minimum Gasteiger partial charge on any atom is -0.486 e. The van der Waals surface area contributed by atoms with Crippen LogP contribution in [0.3, 0.4) is 0 Å². The van der Waals surface area contributed by atoms with Crippen LogP contribution in [0.15, 0.2) is 64.3 Å². The summed E-state index contributed by atoms with van der Waals surface area (Å²) >= 11 is 0. The fourth-order valence-electron chi connectivity index (χ4n) is 2.80. The van der Waals surface area contributed by atoms with E-state index in [0.717, 1.165) is 0 Å². The zero-order chi connectivity index (χ0) is 19.7. The zero-order valence-electron chi connectivity index (χ0n) is 15.0. The molecule has 2 heterocycles. The Morgan fingerprint density at radius 2 is 1.79 bits per heavy atom. The van der Waals surface area contributed by atoms with Crippen LogP contribution in [0.4, 0.5) is 5.69 Å². The van der Waals surface area contributed by atoms with Gasteiger partial charge in [-0.2, -0.15) is 5.10 Å². The minimum absolute atomic E-state index is 0.0717. The van der Waals surface area contributed by atoms with Crippen LogP contribution < -0.4 is 19.8 Å². The van der Waals surface area contributed by atoms with Gasteiger partial charge >= 0.3 is 0 Å². The van der Waals surface area contributed by atoms with E-state index in [1.54, 1.807) is 43.4 Å². The molecular formula is C19H17N3O5S. The SMILES string of the molecule is Cn1nc(-c2cccc(NS(=O)(=O)c3ccc4c(c3)OCCO4)c2)ccc1=O. The van der Waals surface area contributed by atoms with E-state index in [2.05, 4.69) is 9.82 Å². The third-order valence-corrected chi connectivity index (χ3v) is 5.57. The Labute approximate surface area is 161 Å². The van der Waals surface area contributed by atoms with Gasteiger partial charge in [-0.15, -0.1) is 0 Å². The number of benzene rings is 2. The van der Waals surface area contributed by atoms with Gasteiger partial charge in [-0.05, 0) is 30.3 Å². The number of nitrogens with one attached hydrogen (secondary N) is 1. The normalized spacial score (nSPS) is 13.2. The number of nitrogens with zero attached hydrogens (tertiary/aromatic N) is 2. The maximum atomic E-state index is 12.8. The molecule has 0 atom stereocenters. The molecule has 0 aliphatic carbocycles. The highest BCUT2D eigenvalue weighted by atomic mass is 32.2. The quantitative estimate of drug-likeness (QED) is 0.721. The van der Waals surface area contributed by atoms with Crippen molar-refractivity contribution in [2.24, 2.45) is 7.05 Å². The zero-order valence-corrected chi connectivity index (χ0v) is 15.8. The van der Waals surface area contributed by atoms with Crippen molar-refractivity contribution in [1.82, 2.24) is 9.78 Å². The maximum Gasteiger partial charge on any atom is 0.266 e. The fourth-order valence-corrected chi connectivity index (χ4v) is 3.87. The second-order valence-corrected chi connectivity index (χ2v) is 7.85. The molecule has 0 fully saturated rings. The highest BCUT2D eigenvalue weighted by molar-refractivity contribution is 7.92. The Hall–Kier alpha value is -3.33. The first-order valence-corrected chi connectivity index (χ1v) is 9.98. The smallest absolute Gasteiger partial charge is 0.266 e. The van der Waals surface area contributed by atoms with Crippen LogP contribution >= 0.6 is 0 Å². The lowest BCUT2D eigenvalue weighted by atomic mass is 10.1. The lowest BCUT2D eigenvalue weighted by Crippen LogP contribution is -2.18. The van der Waals surface area contributed by atoms with Gasteiger partial charge in [0.15, 0.2) is 11.5 Å². The monoisotopic (exact) mass is 399 g/mol. The van der Waals surface area contributed by atoms with Gasteiger partial charge < -0.3 is 9.47 Å². The topological polar surface area (TPSA) is 99.5 Å². The summed E-state index contributed by atoms with van der Waals surface area (Å²) in [5.74, 6) is 0.922. The minimum atomic E-state index is -3.82. The molecule has 1 aromatic heterocycles. The molecule has 28 heavy (non-hydrogen) atoms. The molecule has 3 aromatic rings. The summed E-state index contributed by atoms with van der Waals surface area (Å²) < 4.78 is 40.2. The van der Waals surface area contributed by atoms with E-state index in [4.69, 9.17) is 9.47 Å². The van der Waals surface area contributed by atoms with Crippen LogP contribution in [0.25, 0.3) is 11.3 Å². The second-order valence-electron chi connectivity index (χ2n) is 6.17. The van der Waals surface area contributed by atoms with Gasteiger partial charge in [-0.25, -0.2) is 13.1 Å². The van der Waals surface area contributed by atoms with E-state index in [9.17, 15) is 13.2 Å². The van der Waals surface area contributed by atoms with Crippen molar-refractivity contribution in [3.8, 4) is 22.8 Å². The Kier molecular flexibility index (Phi) is 4.52. The Balaban J connectivity index is 1.63. The number of anilines is 1. The lowest BCUT2D eigenvalue weighted by molar-refractivity contribution is 0.171. The molecular weight excluding hydrogens is 382 g/mol. The molecule has 8 nitrogen and oxygen atoms in total. The maximum absolute atomic E-state index is 12.8. The molecule has 2 aromatic carbocycles. The van der Waals surface area contributed by atoms with Crippen molar-refractivity contribution >= 4 is 15.7 Å². The summed E-state index contributed by atoms with van der Waals surface area (Å²) in [6.45, 7) is 0.807. The van der Waals surface area contributed by atoms with Crippen LogP contribution in [-0.2, 0) is 17.1 Å². The van der Waals surface area contributed by atoms with Gasteiger partial charge in [0.1, 0.15) is 13.2 Å². The average molecular weight is 399 g/mol. The third-order valence-electron chi connectivity index (χ3n) is 4.19. The lowest BCUT2D eigenvalue weighted by Gasteiger charge is -2.19. The molecule has 0 radical (unpaired) electrons. The molecule has 0 saturated carbocycles. The van der Waals surface area contributed by atoms with Crippen molar-refractivity contribution < 1.29 is 17.9 Å². The Morgan fingerprint density at radius 1 is 1.00 bits per heavy atom. The van der Waals surface area contributed by atoms with Crippen molar-refractivity contribution in [2.45, 2.75) is 4.90 Å². The highest BCUT2D eigenvalue weighted by Crippen LogP contribution is 2.33. The first-order valence-electron chi connectivity index (χ1n) is 8.50. The summed E-state index contributed by atoms with van der Waals surface area (Å²) in [5, 5.41) is 4.18. The van der Waals surface area contributed by atoms with Crippen LogP contribution in [-0.4, -0.2) is 31.4 Å². The van der Waals surface area contributed by atoms with E-state index < -0.39 is 10.0 Å². The van der Waals surface area contributed by atoms with Crippen molar-refractivity contribution in [1.29, 1.82) is 0 Å². The number of rotatable bonds is 4. The van der Waals surface area contributed by atoms with E-state index in [0.29, 0.717) is 41.7 Å². The van der Waals surface area contributed by atoms with E-state index in [1.165, 1.54) is 22.9 Å². The van der Waals surface area contributed by atoms with Crippen molar-refractivity contribution in [3.63, 3.8) is 0 Å². The van der Waals surface area contributed by atoms with Gasteiger partial charge in [-0.3, -0.25) is 9.52 Å². The summed E-state index contributed by atoms with van der Waals surface area (Å²) in [7, 11) is -2.27.